The molecule has 0 aliphatic carbocycles. The molecule has 0 spiro atoms. The van der Waals surface area contributed by atoms with Gasteiger partial charge in [0, 0.05) is 36.7 Å². The normalized spacial score (nSPS) is 10.4. The van der Waals surface area contributed by atoms with Gasteiger partial charge in [0.05, 0.1) is 12.8 Å². The number of aromatic nitrogens is 1. The van der Waals surface area contributed by atoms with E-state index in [0.717, 1.165) is 11.3 Å². The first-order chi connectivity index (χ1) is 14.0. The third-order valence-corrected chi connectivity index (χ3v) is 4.06. The first kappa shape index (κ1) is 20.1. The van der Waals surface area contributed by atoms with E-state index in [1.165, 1.54) is 6.92 Å². The second kappa shape index (κ2) is 9.54. The molecular formula is C22H23N3O4. The Morgan fingerprint density at radius 2 is 1.66 bits per heavy atom. The smallest absolute Gasteiger partial charge is 0.224 e. The van der Waals surface area contributed by atoms with E-state index in [9.17, 15) is 9.59 Å². The van der Waals surface area contributed by atoms with Crippen molar-refractivity contribution in [3.63, 3.8) is 0 Å². The minimum absolute atomic E-state index is 0.141. The quantitative estimate of drug-likeness (QED) is 0.596. The number of carbonyl (C=O) groups excluding carboxylic acids is 2. The Kier molecular flexibility index (Phi) is 6.63. The van der Waals surface area contributed by atoms with Crippen molar-refractivity contribution >= 4 is 23.2 Å². The lowest BCUT2D eigenvalue weighted by atomic mass is 10.2. The highest BCUT2D eigenvalue weighted by atomic mass is 16.5. The first-order valence-corrected chi connectivity index (χ1v) is 9.39. The van der Waals surface area contributed by atoms with Gasteiger partial charge in [0.15, 0.2) is 11.7 Å². The summed E-state index contributed by atoms with van der Waals surface area (Å²) in [4.78, 5) is 27.4. The Morgan fingerprint density at radius 1 is 1.00 bits per heavy atom. The van der Waals surface area contributed by atoms with Gasteiger partial charge in [0.2, 0.25) is 11.8 Å². The van der Waals surface area contributed by atoms with Gasteiger partial charge >= 0.3 is 0 Å². The van der Waals surface area contributed by atoms with Crippen LogP contribution in [0.2, 0.25) is 0 Å². The molecule has 0 aliphatic rings. The van der Waals surface area contributed by atoms with E-state index in [2.05, 4.69) is 15.6 Å². The Balaban J connectivity index is 1.51. The van der Waals surface area contributed by atoms with Crippen LogP contribution in [0.5, 0.6) is 5.75 Å². The predicted molar refractivity (Wildman–Crippen MR) is 111 cm³/mol. The summed E-state index contributed by atoms with van der Waals surface area (Å²) in [6.45, 7) is 4.00. The Bertz CT molecular complexity index is 962. The summed E-state index contributed by atoms with van der Waals surface area (Å²) in [5.74, 6) is 1.68. The van der Waals surface area contributed by atoms with Crippen LogP contribution in [0.1, 0.15) is 26.2 Å². The van der Waals surface area contributed by atoms with Crippen molar-refractivity contribution < 1.29 is 18.7 Å². The molecule has 7 heteroatoms. The summed E-state index contributed by atoms with van der Waals surface area (Å²) in [6, 6.07) is 14.5. The summed E-state index contributed by atoms with van der Waals surface area (Å²) >= 11 is 0. The van der Waals surface area contributed by atoms with Gasteiger partial charge in [-0.2, -0.15) is 0 Å². The van der Waals surface area contributed by atoms with E-state index in [1.807, 2.05) is 31.2 Å². The van der Waals surface area contributed by atoms with Crippen LogP contribution in [0.15, 0.2) is 59.1 Å². The summed E-state index contributed by atoms with van der Waals surface area (Å²) in [5.41, 5.74) is 2.24. The fraction of sp³-hybridized carbons (Fsp3) is 0.227. The molecule has 0 aliphatic heterocycles. The Morgan fingerprint density at radius 3 is 2.28 bits per heavy atom. The van der Waals surface area contributed by atoms with E-state index in [4.69, 9.17) is 9.15 Å². The van der Waals surface area contributed by atoms with Gasteiger partial charge in [0.1, 0.15) is 5.75 Å². The Hall–Kier alpha value is -3.61. The number of nitrogens with one attached hydrogen (secondary N) is 2. The number of hydrogen-bond acceptors (Lipinski definition) is 5. The molecule has 29 heavy (non-hydrogen) atoms. The highest BCUT2D eigenvalue weighted by Crippen LogP contribution is 2.23. The molecule has 150 valence electrons. The molecule has 0 unspecified atom stereocenters. The van der Waals surface area contributed by atoms with Crippen LogP contribution in [0.4, 0.5) is 11.4 Å². The van der Waals surface area contributed by atoms with Crippen LogP contribution >= 0.6 is 0 Å². The lowest BCUT2D eigenvalue weighted by Gasteiger charge is -2.06. The van der Waals surface area contributed by atoms with Gasteiger partial charge in [-0.25, -0.2) is 4.98 Å². The molecule has 0 fully saturated rings. The van der Waals surface area contributed by atoms with E-state index in [-0.39, 0.29) is 18.2 Å². The van der Waals surface area contributed by atoms with Crippen molar-refractivity contribution in [1.82, 2.24) is 4.98 Å². The van der Waals surface area contributed by atoms with Gasteiger partial charge < -0.3 is 19.8 Å². The molecule has 0 saturated carbocycles. The SMILES string of the molecule is CCOc1ccc(-c2cnc(CCC(=O)Nc3ccc(NC(C)=O)cc3)o2)cc1. The van der Waals surface area contributed by atoms with Crippen LogP contribution in [-0.4, -0.2) is 23.4 Å². The molecule has 7 nitrogen and oxygen atoms in total. The van der Waals surface area contributed by atoms with Gasteiger partial charge in [0.25, 0.3) is 0 Å². The minimum atomic E-state index is -0.141. The monoisotopic (exact) mass is 393 g/mol. The average molecular weight is 393 g/mol. The maximum absolute atomic E-state index is 12.2. The predicted octanol–water partition coefficient (Wildman–Crippen LogP) is 4.27. The van der Waals surface area contributed by atoms with Crippen molar-refractivity contribution in [2.24, 2.45) is 0 Å². The van der Waals surface area contributed by atoms with Crippen LogP contribution in [0, 0.1) is 0 Å². The van der Waals surface area contributed by atoms with Crippen molar-refractivity contribution in [3.05, 3.63) is 60.6 Å². The second-order valence-corrected chi connectivity index (χ2v) is 6.38. The molecule has 0 atom stereocenters. The van der Waals surface area contributed by atoms with Crippen LogP contribution < -0.4 is 15.4 Å². The molecule has 0 bridgehead atoms. The minimum Gasteiger partial charge on any atom is -0.494 e. The van der Waals surface area contributed by atoms with Crippen molar-refractivity contribution in [2.45, 2.75) is 26.7 Å². The van der Waals surface area contributed by atoms with E-state index >= 15 is 0 Å². The molecule has 1 aromatic heterocycles. The van der Waals surface area contributed by atoms with E-state index in [1.54, 1.807) is 30.5 Å². The molecular weight excluding hydrogens is 370 g/mol. The number of oxazole rings is 1. The van der Waals surface area contributed by atoms with Crippen LogP contribution in [0.25, 0.3) is 11.3 Å². The van der Waals surface area contributed by atoms with Gasteiger partial charge in [-0.05, 0) is 55.5 Å². The molecule has 3 rings (SSSR count). The molecule has 1 heterocycles. The number of nitrogens with zero attached hydrogens (tertiary/aromatic N) is 1. The number of anilines is 2. The highest BCUT2D eigenvalue weighted by Gasteiger charge is 2.10. The van der Waals surface area contributed by atoms with Gasteiger partial charge in [-0.1, -0.05) is 0 Å². The zero-order chi connectivity index (χ0) is 20.6. The number of hydrogen-bond donors (Lipinski definition) is 2. The van der Waals surface area contributed by atoms with Crippen molar-refractivity contribution in [2.75, 3.05) is 17.2 Å². The third kappa shape index (κ3) is 5.93. The zero-order valence-corrected chi connectivity index (χ0v) is 16.4. The maximum Gasteiger partial charge on any atom is 0.224 e. The molecule has 2 amide bonds. The molecule has 2 N–H and O–H groups in total. The largest absolute Gasteiger partial charge is 0.494 e. The molecule has 3 aromatic rings. The number of rotatable bonds is 8. The first-order valence-electron chi connectivity index (χ1n) is 9.39. The standard InChI is InChI=1S/C22H23N3O4/c1-3-28-19-10-4-16(5-11-19)20-14-23-22(29-20)13-12-21(27)25-18-8-6-17(7-9-18)24-15(2)26/h4-11,14H,3,12-13H2,1-2H3,(H,24,26)(H,25,27). The topological polar surface area (TPSA) is 93.5 Å². The fourth-order valence-electron chi connectivity index (χ4n) is 2.73. The summed E-state index contributed by atoms with van der Waals surface area (Å²) in [6.07, 6.45) is 2.30. The van der Waals surface area contributed by atoms with Crippen molar-refractivity contribution in [1.29, 1.82) is 0 Å². The van der Waals surface area contributed by atoms with Gasteiger partial charge in [-0.15, -0.1) is 0 Å². The van der Waals surface area contributed by atoms with Crippen LogP contribution in [-0.2, 0) is 16.0 Å². The summed E-state index contributed by atoms with van der Waals surface area (Å²) in [7, 11) is 0. The Labute approximate surface area is 169 Å². The molecule has 0 saturated heterocycles. The molecule has 2 aromatic carbocycles. The lowest BCUT2D eigenvalue weighted by Crippen LogP contribution is -2.12. The number of aryl methyl sites for hydroxylation is 1. The van der Waals surface area contributed by atoms with E-state index in [0.29, 0.717) is 36.1 Å². The van der Waals surface area contributed by atoms with Gasteiger partial charge in [-0.3, -0.25) is 9.59 Å². The second-order valence-electron chi connectivity index (χ2n) is 6.38. The highest BCUT2D eigenvalue weighted by molar-refractivity contribution is 5.92. The zero-order valence-electron chi connectivity index (χ0n) is 16.4. The summed E-state index contributed by atoms with van der Waals surface area (Å²) in [5, 5.41) is 5.49. The molecule has 0 radical (unpaired) electrons. The van der Waals surface area contributed by atoms with E-state index < -0.39 is 0 Å². The number of ether oxygens (including phenoxy) is 1. The number of carbonyl (C=O) groups is 2. The number of benzene rings is 2. The lowest BCUT2D eigenvalue weighted by molar-refractivity contribution is -0.116. The average Bonchev–Trinajstić information content (AvgIpc) is 3.17. The third-order valence-electron chi connectivity index (χ3n) is 4.06. The summed E-state index contributed by atoms with van der Waals surface area (Å²) < 4.78 is 11.2. The van der Waals surface area contributed by atoms with Crippen molar-refractivity contribution in [3.8, 4) is 17.1 Å². The van der Waals surface area contributed by atoms with Crippen LogP contribution in [0.3, 0.4) is 0 Å². The fourth-order valence-corrected chi connectivity index (χ4v) is 2.73. The number of amides is 2. The maximum atomic E-state index is 12.2.